The average molecular weight is 378 g/mol. The number of anilines is 1. The van der Waals surface area contributed by atoms with Crippen LogP contribution in [0, 0.1) is 13.8 Å². The lowest BCUT2D eigenvalue weighted by atomic mass is 10.0. The van der Waals surface area contributed by atoms with Crippen molar-refractivity contribution < 1.29 is 8.42 Å². The summed E-state index contributed by atoms with van der Waals surface area (Å²) in [7, 11) is -2.21. The molecule has 3 aromatic rings. The van der Waals surface area contributed by atoms with Crippen LogP contribution >= 0.6 is 11.6 Å². The third-order valence-corrected chi connectivity index (χ3v) is 5.35. The molecule has 0 bridgehead atoms. The Morgan fingerprint density at radius 1 is 1.16 bits per heavy atom. The van der Waals surface area contributed by atoms with Crippen LogP contribution in [0.3, 0.4) is 0 Å². The van der Waals surface area contributed by atoms with Gasteiger partial charge in [-0.1, -0.05) is 35.9 Å². The first kappa shape index (κ1) is 17.4. The van der Waals surface area contributed by atoms with E-state index >= 15 is 0 Å². The van der Waals surface area contributed by atoms with Gasteiger partial charge in [0.1, 0.15) is 10.0 Å². The lowest BCUT2D eigenvalue weighted by Crippen LogP contribution is -2.15. The van der Waals surface area contributed by atoms with Crippen LogP contribution < -0.4 is 4.72 Å². The van der Waals surface area contributed by atoms with E-state index in [2.05, 4.69) is 19.8 Å². The highest BCUT2D eigenvalue weighted by Gasteiger charge is 2.20. The molecule has 0 aliphatic carbocycles. The quantitative estimate of drug-likeness (QED) is 0.706. The molecular weight excluding hydrogens is 362 g/mol. The zero-order chi connectivity index (χ0) is 18.2. The number of nitrogens with one attached hydrogen (secondary N) is 1. The Kier molecular flexibility index (Phi) is 4.49. The average Bonchev–Trinajstić information content (AvgIpc) is 2.99. The van der Waals surface area contributed by atoms with Gasteiger partial charge < -0.3 is 0 Å². The van der Waals surface area contributed by atoms with E-state index in [4.69, 9.17) is 11.6 Å². The fourth-order valence-corrected chi connectivity index (χ4v) is 3.45. The number of halogens is 1. The first-order valence-electron chi connectivity index (χ1n) is 7.39. The van der Waals surface area contributed by atoms with E-state index in [0.717, 1.165) is 11.1 Å². The van der Waals surface area contributed by atoms with Crippen molar-refractivity contribution in [2.45, 2.75) is 18.7 Å². The van der Waals surface area contributed by atoms with E-state index in [0.29, 0.717) is 11.3 Å². The minimum atomic E-state index is -3.85. The highest BCUT2D eigenvalue weighted by atomic mass is 35.5. The molecule has 0 aliphatic heterocycles. The molecule has 0 saturated heterocycles. The van der Waals surface area contributed by atoms with Gasteiger partial charge in [0.15, 0.2) is 0 Å². The SMILES string of the molecule is Cc1ccccc1-c1nc(NS(=O)(=O)c2cnn(C)c2)nc(Cl)c1C. The third-order valence-electron chi connectivity index (χ3n) is 3.70. The Labute approximate surface area is 150 Å². The molecular formula is C16H16ClN5O2S. The summed E-state index contributed by atoms with van der Waals surface area (Å²) in [4.78, 5) is 8.43. The van der Waals surface area contributed by atoms with Gasteiger partial charge in [-0.25, -0.2) is 18.1 Å². The zero-order valence-electron chi connectivity index (χ0n) is 13.9. The molecule has 1 N–H and O–H groups in total. The van der Waals surface area contributed by atoms with Crippen molar-refractivity contribution in [2.24, 2.45) is 7.05 Å². The molecule has 2 aromatic heterocycles. The maximum atomic E-state index is 12.4. The monoisotopic (exact) mass is 377 g/mol. The van der Waals surface area contributed by atoms with Gasteiger partial charge in [0.2, 0.25) is 5.95 Å². The van der Waals surface area contributed by atoms with Gasteiger partial charge in [-0.3, -0.25) is 4.68 Å². The molecule has 1 aromatic carbocycles. The summed E-state index contributed by atoms with van der Waals surface area (Å²) in [6.07, 6.45) is 2.64. The first-order valence-corrected chi connectivity index (χ1v) is 9.25. The van der Waals surface area contributed by atoms with Gasteiger partial charge in [-0.15, -0.1) is 0 Å². The Morgan fingerprint density at radius 2 is 1.88 bits per heavy atom. The standard InChI is InChI=1S/C16H16ClN5O2S/c1-10-6-4-5-7-13(10)14-11(2)15(17)20-16(19-14)21-25(23,24)12-8-18-22(3)9-12/h4-9H,1-3H3,(H,19,20,21). The fourth-order valence-electron chi connectivity index (χ4n) is 2.35. The largest absolute Gasteiger partial charge is 0.274 e. The van der Waals surface area contributed by atoms with Crippen molar-refractivity contribution >= 4 is 27.6 Å². The molecule has 2 heterocycles. The van der Waals surface area contributed by atoms with E-state index in [1.54, 1.807) is 14.0 Å². The van der Waals surface area contributed by atoms with Gasteiger partial charge in [-0.2, -0.15) is 10.1 Å². The van der Waals surface area contributed by atoms with E-state index in [9.17, 15) is 8.42 Å². The number of rotatable bonds is 4. The van der Waals surface area contributed by atoms with Crippen LogP contribution in [0.2, 0.25) is 5.15 Å². The van der Waals surface area contributed by atoms with E-state index < -0.39 is 10.0 Å². The molecule has 0 atom stereocenters. The third kappa shape index (κ3) is 3.49. The first-order chi connectivity index (χ1) is 11.8. The summed E-state index contributed by atoms with van der Waals surface area (Å²) in [5.74, 6) is -0.0855. The minimum absolute atomic E-state index is 0.0211. The molecule has 7 nitrogen and oxygen atoms in total. The minimum Gasteiger partial charge on any atom is -0.274 e. The topological polar surface area (TPSA) is 89.8 Å². The summed E-state index contributed by atoms with van der Waals surface area (Å²) in [5.41, 5.74) is 3.13. The second-order valence-electron chi connectivity index (χ2n) is 5.58. The summed E-state index contributed by atoms with van der Waals surface area (Å²) in [5, 5.41) is 4.06. The van der Waals surface area contributed by atoms with Crippen molar-refractivity contribution in [3.05, 3.63) is 52.9 Å². The molecule has 0 saturated carbocycles. The van der Waals surface area contributed by atoms with Crippen molar-refractivity contribution in [3.8, 4) is 11.3 Å². The Balaban J connectivity index is 2.06. The predicted octanol–water partition coefficient (Wildman–Crippen LogP) is 2.95. The van der Waals surface area contributed by atoms with Crippen LogP contribution in [0.15, 0.2) is 41.6 Å². The molecule has 0 unspecified atom stereocenters. The second kappa shape index (κ2) is 6.45. The van der Waals surface area contributed by atoms with E-state index in [-0.39, 0.29) is 16.0 Å². The van der Waals surface area contributed by atoms with Crippen molar-refractivity contribution in [1.29, 1.82) is 0 Å². The Morgan fingerprint density at radius 3 is 2.52 bits per heavy atom. The molecule has 0 fully saturated rings. The van der Waals surface area contributed by atoms with Crippen LogP contribution in [0.5, 0.6) is 0 Å². The van der Waals surface area contributed by atoms with E-state index in [1.807, 2.05) is 31.2 Å². The van der Waals surface area contributed by atoms with Gasteiger partial charge in [-0.05, 0) is 19.4 Å². The number of benzene rings is 1. The summed E-state index contributed by atoms with van der Waals surface area (Å²) >= 11 is 6.20. The second-order valence-corrected chi connectivity index (χ2v) is 7.62. The number of nitrogens with zero attached hydrogens (tertiary/aromatic N) is 4. The number of hydrogen-bond acceptors (Lipinski definition) is 5. The van der Waals surface area contributed by atoms with Crippen molar-refractivity contribution in [2.75, 3.05) is 4.72 Å². The lowest BCUT2D eigenvalue weighted by Gasteiger charge is -2.12. The molecule has 9 heteroatoms. The smallest absolute Gasteiger partial charge is 0.267 e. The van der Waals surface area contributed by atoms with Gasteiger partial charge in [0.05, 0.1) is 11.9 Å². The van der Waals surface area contributed by atoms with Crippen LogP contribution in [0.4, 0.5) is 5.95 Å². The number of aromatic nitrogens is 4. The number of aryl methyl sites for hydroxylation is 2. The normalized spacial score (nSPS) is 11.5. The molecule has 0 spiro atoms. The molecule has 130 valence electrons. The van der Waals surface area contributed by atoms with Gasteiger partial charge >= 0.3 is 0 Å². The van der Waals surface area contributed by atoms with Gasteiger partial charge in [0.25, 0.3) is 10.0 Å². The molecule has 3 rings (SSSR count). The van der Waals surface area contributed by atoms with Crippen molar-refractivity contribution in [3.63, 3.8) is 0 Å². The fraction of sp³-hybridized carbons (Fsp3) is 0.188. The highest BCUT2D eigenvalue weighted by molar-refractivity contribution is 7.92. The highest BCUT2D eigenvalue weighted by Crippen LogP contribution is 2.29. The van der Waals surface area contributed by atoms with Crippen LogP contribution in [0.1, 0.15) is 11.1 Å². The summed E-state index contributed by atoms with van der Waals surface area (Å²) < 4.78 is 28.6. The van der Waals surface area contributed by atoms with Crippen LogP contribution in [-0.4, -0.2) is 28.2 Å². The van der Waals surface area contributed by atoms with E-state index in [1.165, 1.54) is 17.1 Å². The Bertz CT molecular complexity index is 1050. The molecule has 0 amide bonds. The summed E-state index contributed by atoms with van der Waals surface area (Å²) in [6, 6.07) is 7.66. The molecule has 0 aliphatic rings. The van der Waals surface area contributed by atoms with Crippen LogP contribution in [0.25, 0.3) is 11.3 Å². The van der Waals surface area contributed by atoms with Crippen molar-refractivity contribution in [1.82, 2.24) is 19.7 Å². The Hall–Kier alpha value is -2.45. The maximum Gasteiger partial charge on any atom is 0.267 e. The molecule has 25 heavy (non-hydrogen) atoms. The molecule has 0 radical (unpaired) electrons. The predicted molar refractivity (Wildman–Crippen MR) is 96.0 cm³/mol. The maximum absolute atomic E-state index is 12.4. The number of hydrogen-bond donors (Lipinski definition) is 1. The lowest BCUT2D eigenvalue weighted by molar-refractivity contribution is 0.600. The van der Waals surface area contributed by atoms with Gasteiger partial charge in [0, 0.05) is 24.4 Å². The zero-order valence-corrected chi connectivity index (χ0v) is 15.4. The summed E-state index contributed by atoms with van der Waals surface area (Å²) in [6.45, 7) is 3.74. The van der Waals surface area contributed by atoms with Crippen LogP contribution in [-0.2, 0) is 17.1 Å². The number of sulfonamides is 1.